The first kappa shape index (κ1) is 11.0. The summed E-state index contributed by atoms with van der Waals surface area (Å²) in [7, 11) is 0. The Morgan fingerprint density at radius 2 is 1.81 bits per heavy atom. The van der Waals surface area contributed by atoms with Crippen LogP contribution in [0.2, 0.25) is 0 Å². The highest BCUT2D eigenvalue weighted by molar-refractivity contribution is 5.75. The highest BCUT2D eigenvalue weighted by Crippen LogP contribution is 2.43. The fraction of sp³-hybridized carbons (Fsp3) is 0.571. The van der Waals surface area contributed by atoms with Crippen LogP contribution in [0, 0.1) is 0 Å². The Bertz CT molecular complexity index is 432. The van der Waals surface area contributed by atoms with Crippen LogP contribution < -0.4 is 0 Å². The van der Waals surface area contributed by atoms with Crippen LogP contribution in [-0.4, -0.2) is 33.7 Å². The Hall–Kier alpha value is -1.54. The maximum atomic E-state index is 13.0. The third kappa shape index (κ3) is 1.46. The number of hydrogen-bond donors (Lipinski definition) is 0. The molecule has 0 atom stereocenters. The van der Waals surface area contributed by atoms with E-state index in [4.69, 9.17) is 0 Å². The van der Waals surface area contributed by atoms with Crippen molar-refractivity contribution >= 4 is 6.21 Å². The topological polar surface area (TPSA) is 43.1 Å². The predicted octanol–water partition coefficient (Wildman–Crippen LogP) is 1.36. The van der Waals surface area contributed by atoms with E-state index in [1.807, 2.05) is 0 Å². The number of hydrogen-bond acceptors (Lipinski definition) is 3. The van der Waals surface area contributed by atoms with Gasteiger partial charge < -0.3 is 4.57 Å². The molecule has 1 aromatic rings. The summed E-state index contributed by atoms with van der Waals surface area (Å²) < 4.78 is 63.0. The van der Waals surface area contributed by atoms with Crippen LogP contribution in [0.5, 0.6) is 0 Å². The molecule has 0 aromatic carbocycles. The summed E-state index contributed by atoms with van der Waals surface area (Å²) in [6.07, 6.45) is -4.56. The van der Waals surface area contributed by atoms with E-state index in [-0.39, 0.29) is 18.9 Å². The van der Waals surface area contributed by atoms with Crippen molar-refractivity contribution in [2.24, 2.45) is 4.99 Å². The standard InChI is InChI=1S/C7H5F5N4/c8-6(9,7(10,11)12)5-15-14-4-3-13-1-2-16(4)5/h3H,1-2H2. The number of alkyl halides is 5. The molecule has 0 saturated carbocycles. The van der Waals surface area contributed by atoms with Crippen molar-refractivity contribution in [1.82, 2.24) is 14.8 Å². The molecule has 0 spiro atoms. The summed E-state index contributed by atoms with van der Waals surface area (Å²) in [6, 6.07) is 0. The van der Waals surface area contributed by atoms with Crippen LogP contribution in [0.25, 0.3) is 0 Å². The Balaban J connectivity index is 2.49. The van der Waals surface area contributed by atoms with Gasteiger partial charge in [0.1, 0.15) is 0 Å². The van der Waals surface area contributed by atoms with E-state index in [9.17, 15) is 22.0 Å². The number of aliphatic imine (C=N–C) groups is 1. The van der Waals surface area contributed by atoms with Gasteiger partial charge in [-0.25, -0.2) is 0 Å². The number of fused-ring (bicyclic) bond motifs is 1. The van der Waals surface area contributed by atoms with Gasteiger partial charge in [0.05, 0.1) is 12.8 Å². The average molecular weight is 240 g/mol. The fourth-order valence-electron chi connectivity index (χ4n) is 1.29. The van der Waals surface area contributed by atoms with Gasteiger partial charge in [0.25, 0.3) is 0 Å². The minimum absolute atomic E-state index is 0.0835. The Kier molecular flexibility index (Phi) is 2.21. The third-order valence-corrected chi connectivity index (χ3v) is 2.08. The molecule has 0 radical (unpaired) electrons. The number of rotatable bonds is 1. The Morgan fingerprint density at radius 1 is 1.12 bits per heavy atom. The van der Waals surface area contributed by atoms with E-state index in [0.29, 0.717) is 0 Å². The lowest BCUT2D eigenvalue weighted by Crippen LogP contribution is -2.37. The van der Waals surface area contributed by atoms with Crippen molar-refractivity contribution in [1.29, 1.82) is 0 Å². The Morgan fingerprint density at radius 3 is 2.44 bits per heavy atom. The normalized spacial score (nSPS) is 16.3. The molecule has 1 aliphatic rings. The van der Waals surface area contributed by atoms with Gasteiger partial charge in [-0.3, -0.25) is 4.99 Å². The molecule has 2 rings (SSSR count). The molecule has 1 aliphatic heterocycles. The molecule has 1 aromatic heterocycles. The van der Waals surface area contributed by atoms with Crippen LogP contribution in [0.4, 0.5) is 22.0 Å². The molecular formula is C7H5F5N4. The molecule has 0 saturated heterocycles. The second kappa shape index (κ2) is 3.22. The van der Waals surface area contributed by atoms with Crippen molar-refractivity contribution in [3.63, 3.8) is 0 Å². The smallest absolute Gasteiger partial charge is 0.303 e. The first-order chi connectivity index (χ1) is 7.34. The van der Waals surface area contributed by atoms with Crippen LogP contribution >= 0.6 is 0 Å². The molecule has 0 aliphatic carbocycles. The number of nitrogens with zero attached hydrogens (tertiary/aromatic N) is 4. The molecule has 16 heavy (non-hydrogen) atoms. The third-order valence-electron chi connectivity index (χ3n) is 2.08. The summed E-state index contributed by atoms with van der Waals surface area (Å²) in [5.74, 6) is -6.48. The average Bonchev–Trinajstić information content (AvgIpc) is 2.59. The maximum Gasteiger partial charge on any atom is 0.461 e. The quantitative estimate of drug-likeness (QED) is 0.695. The van der Waals surface area contributed by atoms with Crippen LogP contribution in [0.3, 0.4) is 0 Å². The van der Waals surface area contributed by atoms with Gasteiger partial charge in [0.2, 0.25) is 5.82 Å². The number of aromatic nitrogens is 3. The summed E-state index contributed by atoms with van der Waals surface area (Å²) in [5.41, 5.74) is 0. The van der Waals surface area contributed by atoms with Gasteiger partial charge in [0, 0.05) is 6.54 Å². The summed E-state index contributed by atoms with van der Waals surface area (Å²) in [4.78, 5) is 3.70. The van der Waals surface area contributed by atoms with E-state index in [1.54, 1.807) is 0 Å². The lowest BCUT2D eigenvalue weighted by molar-refractivity contribution is -0.293. The summed E-state index contributed by atoms with van der Waals surface area (Å²) in [6.45, 7) is 0.0474. The van der Waals surface area contributed by atoms with Crippen molar-refractivity contribution in [3.05, 3.63) is 11.6 Å². The van der Waals surface area contributed by atoms with E-state index in [1.165, 1.54) is 0 Å². The minimum Gasteiger partial charge on any atom is -0.303 e. The molecule has 0 N–H and O–H groups in total. The SMILES string of the molecule is FC(F)(F)C(F)(F)c1nnc2n1CCN=C2. The molecule has 0 unspecified atom stereocenters. The van der Waals surface area contributed by atoms with Gasteiger partial charge in [-0.2, -0.15) is 22.0 Å². The fourth-order valence-corrected chi connectivity index (χ4v) is 1.29. The van der Waals surface area contributed by atoms with Crippen LogP contribution in [0.1, 0.15) is 11.6 Å². The zero-order valence-corrected chi connectivity index (χ0v) is 7.67. The van der Waals surface area contributed by atoms with E-state index >= 15 is 0 Å². The molecule has 2 heterocycles. The minimum atomic E-state index is -5.68. The van der Waals surface area contributed by atoms with Crippen molar-refractivity contribution in [3.8, 4) is 0 Å². The van der Waals surface area contributed by atoms with Crippen LogP contribution in [0.15, 0.2) is 4.99 Å². The molecule has 88 valence electrons. The van der Waals surface area contributed by atoms with Gasteiger partial charge in [-0.1, -0.05) is 0 Å². The summed E-state index contributed by atoms with van der Waals surface area (Å²) >= 11 is 0. The Labute approximate surface area is 85.8 Å². The lowest BCUT2D eigenvalue weighted by Gasteiger charge is -2.20. The molecular weight excluding hydrogens is 235 g/mol. The largest absolute Gasteiger partial charge is 0.461 e. The lowest BCUT2D eigenvalue weighted by atomic mass is 10.3. The maximum absolute atomic E-state index is 13.0. The van der Waals surface area contributed by atoms with Crippen molar-refractivity contribution in [2.45, 2.75) is 18.6 Å². The van der Waals surface area contributed by atoms with Gasteiger partial charge in [0.15, 0.2) is 5.82 Å². The molecule has 9 heteroatoms. The van der Waals surface area contributed by atoms with E-state index in [0.717, 1.165) is 10.8 Å². The first-order valence-electron chi connectivity index (χ1n) is 4.22. The zero-order chi connectivity index (χ0) is 12.0. The van der Waals surface area contributed by atoms with Gasteiger partial charge in [-0.05, 0) is 0 Å². The highest BCUT2D eigenvalue weighted by atomic mass is 19.4. The second-order valence-corrected chi connectivity index (χ2v) is 3.14. The monoisotopic (exact) mass is 240 g/mol. The van der Waals surface area contributed by atoms with Gasteiger partial charge in [-0.15, -0.1) is 10.2 Å². The van der Waals surface area contributed by atoms with Crippen LogP contribution in [-0.2, 0) is 12.5 Å². The van der Waals surface area contributed by atoms with Crippen molar-refractivity contribution < 1.29 is 22.0 Å². The summed E-state index contributed by atoms with van der Waals surface area (Å²) in [5, 5.41) is 6.11. The molecule has 0 amide bonds. The van der Waals surface area contributed by atoms with Crippen molar-refractivity contribution in [2.75, 3.05) is 6.54 Å². The van der Waals surface area contributed by atoms with E-state index in [2.05, 4.69) is 15.2 Å². The number of halogens is 5. The molecule has 0 bridgehead atoms. The highest BCUT2D eigenvalue weighted by Gasteiger charge is 2.62. The predicted molar refractivity (Wildman–Crippen MR) is 42.4 cm³/mol. The zero-order valence-electron chi connectivity index (χ0n) is 7.67. The van der Waals surface area contributed by atoms with E-state index < -0.39 is 17.9 Å². The second-order valence-electron chi connectivity index (χ2n) is 3.14. The molecule has 0 fully saturated rings. The molecule has 4 nitrogen and oxygen atoms in total. The van der Waals surface area contributed by atoms with Gasteiger partial charge >= 0.3 is 12.1 Å². The first-order valence-corrected chi connectivity index (χ1v) is 4.22.